The minimum Gasteiger partial charge on any atom is -0.293 e. The van der Waals surface area contributed by atoms with Crippen LogP contribution in [0.1, 0.15) is 39.6 Å². The van der Waals surface area contributed by atoms with Crippen molar-refractivity contribution in [3.8, 4) is 10.4 Å². The highest BCUT2D eigenvalue weighted by Crippen LogP contribution is 2.43. The third kappa shape index (κ3) is 2.71. The van der Waals surface area contributed by atoms with E-state index < -0.39 is 0 Å². The minimum atomic E-state index is 0.260. The molecule has 0 N–H and O–H groups in total. The minimum absolute atomic E-state index is 0.260. The highest BCUT2D eigenvalue weighted by molar-refractivity contribution is 7.17. The monoisotopic (exact) mass is 339 g/mol. The molecule has 0 unspecified atom stereocenters. The molecule has 0 spiro atoms. The first-order chi connectivity index (χ1) is 11.2. The van der Waals surface area contributed by atoms with E-state index in [0.717, 1.165) is 32.3 Å². The van der Waals surface area contributed by atoms with E-state index in [1.165, 1.54) is 5.56 Å². The SMILES string of the molecule is O=C1CC[C@@H](c2ccc(Cl)cc2)c2cc(-c3ccncc3)sc21. The number of nitrogens with zero attached hydrogens (tertiary/aromatic N) is 1. The van der Waals surface area contributed by atoms with E-state index >= 15 is 0 Å². The van der Waals surface area contributed by atoms with Gasteiger partial charge in [0.1, 0.15) is 0 Å². The van der Waals surface area contributed by atoms with Crippen LogP contribution in [0.25, 0.3) is 10.4 Å². The summed E-state index contributed by atoms with van der Waals surface area (Å²) in [6, 6.07) is 14.1. The van der Waals surface area contributed by atoms with Crippen LogP contribution in [0.3, 0.4) is 0 Å². The van der Waals surface area contributed by atoms with E-state index in [4.69, 9.17) is 11.6 Å². The van der Waals surface area contributed by atoms with Crippen LogP contribution in [0.5, 0.6) is 0 Å². The Morgan fingerprint density at radius 1 is 1.09 bits per heavy atom. The molecule has 0 fully saturated rings. The lowest BCUT2D eigenvalue weighted by Gasteiger charge is -2.22. The van der Waals surface area contributed by atoms with Gasteiger partial charge in [0.2, 0.25) is 0 Å². The lowest BCUT2D eigenvalue weighted by Crippen LogP contribution is -2.13. The summed E-state index contributed by atoms with van der Waals surface area (Å²) in [6.45, 7) is 0. The molecule has 4 heteroatoms. The number of carbonyl (C=O) groups excluding carboxylic acids is 1. The summed E-state index contributed by atoms with van der Waals surface area (Å²) < 4.78 is 0. The number of benzene rings is 1. The molecular weight excluding hydrogens is 326 g/mol. The fourth-order valence-corrected chi connectivity index (χ4v) is 4.45. The van der Waals surface area contributed by atoms with Gasteiger partial charge in [0.05, 0.1) is 4.88 Å². The molecule has 2 heterocycles. The second-order valence-corrected chi connectivity index (χ2v) is 7.19. The van der Waals surface area contributed by atoms with Gasteiger partial charge in [-0.15, -0.1) is 11.3 Å². The molecule has 1 aliphatic carbocycles. The van der Waals surface area contributed by atoms with Crippen LogP contribution in [0.2, 0.25) is 5.02 Å². The van der Waals surface area contributed by atoms with Gasteiger partial charge >= 0.3 is 0 Å². The van der Waals surface area contributed by atoms with E-state index in [-0.39, 0.29) is 11.7 Å². The summed E-state index contributed by atoms with van der Waals surface area (Å²) in [5, 5.41) is 0.739. The average Bonchev–Trinajstić information content (AvgIpc) is 3.03. The number of thiophene rings is 1. The average molecular weight is 340 g/mol. The van der Waals surface area contributed by atoms with Crippen LogP contribution in [0, 0.1) is 0 Å². The third-order valence-corrected chi connectivity index (χ3v) is 5.78. The lowest BCUT2D eigenvalue weighted by molar-refractivity contribution is 0.0974. The highest BCUT2D eigenvalue weighted by atomic mass is 35.5. The molecule has 1 atom stereocenters. The first-order valence-electron chi connectivity index (χ1n) is 7.55. The van der Waals surface area contributed by atoms with E-state index in [9.17, 15) is 4.79 Å². The smallest absolute Gasteiger partial charge is 0.173 e. The van der Waals surface area contributed by atoms with E-state index in [2.05, 4.69) is 23.2 Å². The largest absolute Gasteiger partial charge is 0.293 e. The van der Waals surface area contributed by atoms with Crippen molar-refractivity contribution in [2.45, 2.75) is 18.8 Å². The van der Waals surface area contributed by atoms with Crippen molar-refractivity contribution in [1.82, 2.24) is 4.98 Å². The zero-order valence-corrected chi connectivity index (χ0v) is 13.9. The zero-order chi connectivity index (χ0) is 15.8. The van der Waals surface area contributed by atoms with Crippen molar-refractivity contribution >= 4 is 28.7 Å². The molecule has 0 amide bonds. The zero-order valence-electron chi connectivity index (χ0n) is 12.3. The van der Waals surface area contributed by atoms with Crippen molar-refractivity contribution in [3.05, 3.63) is 75.9 Å². The second-order valence-electron chi connectivity index (χ2n) is 5.70. The maximum absolute atomic E-state index is 12.3. The highest BCUT2D eigenvalue weighted by Gasteiger charge is 2.29. The molecule has 0 bridgehead atoms. The molecule has 0 radical (unpaired) electrons. The third-order valence-electron chi connectivity index (χ3n) is 4.29. The summed E-state index contributed by atoms with van der Waals surface area (Å²) in [5.74, 6) is 0.530. The standard InChI is InChI=1S/C19H14ClNOS/c20-14-3-1-12(2-4-14)15-5-6-17(22)19-16(15)11-18(23-19)13-7-9-21-10-8-13/h1-4,7-11,15H,5-6H2/t15-/m0/s1. The molecule has 23 heavy (non-hydrogen) atoms. The molecule has 0 saturated carbocycles. The summed E-state index contributed by atoms with van der Waals surface area (Å²) in [4.78, 5) is 18.4. The van der Waals surface area contributed by atoms with Crippen molar-refractivity contribution in [3.63, 3.8) is 0 Å². The van der Waals surface area contributed by atoms with Gasteiger partial charge in [0, 0.05) is 34.6 Å². The van der Waals surface area contributed by atoms with Crippen molar-refractivity contribution < 1.29 is 4.79 Å². The molecule has 1 aliphatic rings. The van der Waals surface area contributed by atoms with Gasteiger partial charge < -0.3 is 0 Å². The van der Waals surface area contributed by atoms with Gasteiger partial charge in [-0.05, 0) is 53.4 Å². The van der Waals surface area contributed by atoms with Gasteiger partial charge in [-0.25, -0.2) is 0 Å². The summed E-state index contributed by atoms with van der Waals surface area (Å²) in [6.07, 6.45) is 5.04. The van der Waals surface area contributed by atoms with E-state index in [0.29, 0.717) is 6.42 Å². The van der Waals surface area contributed by atoms with Crippen molar-refractivity contribution in [2.75, 3.05) is 0 Å². The Balaban J connectivity index is 1.80. The normalized spacial score (nSPS) is 17.1. The summed E-state index contributed by atoms with van der Waals surface area (Å²) >= 11 is 7.59. The lowest BCUT2D eigenvalue weighted by atomic mass is 9.82. The predicted molar refractivity (Wildman–Crippen MR) is 94.4 cm³/mol. The fraction of sp³-hybridized carbons (Fsp3) is 0.158. The van der Waals surface area contributed by atoms with Crippen LogP contribution >= 0.6 is 22.9 Å². The molecular formula is C19H14ClNOS. The number of fused-ring (bicyclic) bond motifs is 1. The van der Waals surface area contributed by atoms with Crippen LogP contribution in [0.15, 0.2) is 54.9 Å². The van der Waals surface area contributed by atoms with E-state index in [1.807, 2.05) is 24.3 Å². The summed E-state index contributed by atoms with van der Waals surface area (Å²) in [5.41, 5.74) is 3.49. The molecule has 0 saturated heterocycles. The van der Waals surface area contributed by atoms with Crippen LogP contribution < -0.4 is 0 Å². The molecule has 1 aromatic carbocycles. The number of rotatable bonds is 2. The number of carbonyl (C=O) groups is 1. The van der Waals surface area contributed by atoms with Gasteiger partial charge in [0.25, 0.3) is 0 Å². The summed E-state index contributed by atoms with van der Waals surface area (Å²) in [7, 11) is 0. The Labute approximate surface area is 143 Å². The number of ketones is 1. The molecule has 2 nitrogen and oxygen atoms in total. The van der Waals surface area contributed by atoms with Crippen molar-refractivity contribution in [2.24, 2.45) is 0 Å². The number of hydrogen-bond acceptors (Lipinski definition) is 3. The van der Waals surface area contributed by atoms with Crippen LogP contribution in [0.4, 0.5) is 0 Å². The number of pyridine rings is 1. The first kappa shape index (κ1) is 14.6. The number of aromatic nitrogens is 1. The van der Waals surface area contributed by atoms with Gasteiger partial charge in [-0.2, -0.15) is 0 Å². The maximum Gasteiger partial charge on any atom is 0.173 e. The second kappa shape index (κ2) is 5.91. The van der Waals surface area contributed by atoms with Gasteiger partial charge in [-0.3, -0.25) is 9.78 Å². The quantitative estimate of drug-likeness (QED) is 0.610. The van der Waals surface area contributed by atoms with Gasteiger partial charge in [0.15, 0.2) is 5.78 Å². The Hall–Kier alpha value is -1.97. The predicted octanol–water partition coefficient (Wildman–Crippen LogP) is 5.57. The Morgan fingerprint density at radius 2 is 1.83 bits per heavy atom. The number of hydrogen-bond donors (Lipinski definition) is 0. The maximum atomic E-state index is 12.3. The number of halogens is 1. The van der Waals surface area contributed by atoms with Gasteiger partial charge in [-0.1, -0.05) is 23.7 Å². The Morgan fingerprint density at radius 3 is 2.57 bits per heavy atom. The van der Waals surface area contributed by atoms with Crippen LogP contribution in [-0.2, 0) is 0 Å². The Bertz CT molecular complexity index is 855. The Kier molecular flexibility index (Phi) is 3.76. The first-order valence-corrected chi connectivity index (χ1v) is 8.74. The molecule has 4 rings (SSSR count). The molecule has 0 aliphatic heterocycles. The van der Waals surface area contributed by atoms with Crippen LogP contribution in [-0.4, -0.2) is 10.8 Å². The molecule has 2 aromatic heterocycles. The molecule has 114 valence electrons. The topological polar surface area (TPSA) is 30.0 Å². The number of Topliss-reactive ketones (excluding diaryl/α,β-unsaturated/α-hetero) is 1. The molecule has 3 aromatic rings. The van der Waals surface area contributed by atoms with Crippen molar-refractivity contribution in [1.29, 1.82) is 0 Å². The fourth-order valence-electron chi connectivity index (χ4n) is 3.13. The van der Waals surface area contributed by atoms with E-state index in [1.54, 1.807) is 23.7 Å².